The van der Waals surface area contributed by atoms with Crippen molar-refractivity contribution < 1.29 is 14.7 Å². The van der Waals surface area contributed by atoms with Crippen LogP contribution < -0.4 is 0 Å². The number of rotatable bonds is 4. The SMILES string of the molecule is C[C@@H]1CC[C@H](C(C)(C)c2ccccc2)[C@H](OC(=O)/C=N/O)C1. The van der Waals surface area contributed by atoms with Gasteiger partial charge in [0.25, 0.3) is 0 Å². The Morgan fingerprint density at radius 3 is 2.64 bits per heavy atom. The molecule has 0 bridgehead atoms. The van der Waals surface area contributed by atoms with Gasteiger partial charge in [-0.2, -0.15) is 0 Å². The van der Waals surface area contributed by atoms with E-state index in [4.69, 9.17) is 9.94 Å². The van der Waals surface area contributed by atoms with Gasteiger partial charge in [-0.1, -0.05) is 62.7 Å². The van der Waals surface area contributed by atoms with Crippen molar-refractivity contribution in [2.45, 2.75) is 51.6 Å². The molecule has 0 spiro atoms. The summed E-state index contributed by atoms with van der Waals surface area (Å²) >= 11 is 0. The topological polar surface area (TPSA) is 58.9 Å². The highest BCUT2D eigenvalue weighted by Gasteiger charge is 2.41. The summed E-state index contributed by atoms with van der Waals surface area (Å²) in [5.74, 6) is 0.212. The number of benzene rings is 1. The zero-order chi connectivity index (χ0) is 16.2. The first-order valence-corrected chi connectivity index (χ1v) is 7.88. The molecule has 4 heteroatoms. The third-order valence-electron chi connectivity index (χ3n) is 4.93. The molecule has 0 heterocycles. The van der Waals surface area contributed by atoms with E-state index in [1.54, 1.807) is 0 Å². The Morgan fingerprint density at radius 2 is 2.00 bits per heavy atom. The molecule has 2 rings (SSSR count). The number of oxime groups is 1. The first-order chi connectivity index (χ1) is 10.4. The summed E-state index contributed by atoms with van der Waals surface area (Å²) in [7, 11) is 0. The van der Waals surface area contributed by atoms with Gasteiger partial charge in [0.15, 0.2) is 6.21 Å². The summed E-state index contributed by atoms with van der Waals surface area (Å²) in [6.07, 6.45) is 3.70. The minimum Gasteiger partial charge on any atom is -0.458 e. The van der Waals surface area contributed by atoms with Crippen LogP contribution in [0.5, 0.6) is 0 Å². The van der Waals surface area contributed by atoms with Gasteiger partial charge >= 0.3 is 5.97 Å². The first kappa shape index (κ1) is 16.5. The van der Waals surface area contributed by atoms with Crippen molar-refractivity contribution in [1.29, 1.82) is 0 Å². The number of hydrogen-bond donors (Lipinski definition) is 1. The molecule has 1 aliphatic carbocycles. The number of esters is 1. The predicted octanol–water partition coefficient (Wildman–Crippen LogP) is 3.77. The summed E-state index contributed by atoms with van der Waals surface area (Å²) in [4.78, 5) is 11.7. The lowest BCUT2D eigenvalue weighted by Gasteiger charge is -2.43. The fourth-order valence-electron chi connectivity index (χ4n) is 3.59. The number of carbonyl (C=O) groups is 1. The van der Waals surface area contributed by atoms with E-state index in [1.165, 1.54) is 5.56 Å². The molecule has 1 N–H and O–H groups in total. The summed E-state index contributed by atoms with van der Waals surface area (Å²) in [5, 5.41) is 11.3. The summed E-state index contributed by atoms with van der Waals surface area (Å²) < 4.78 is 5.57. The average Bonchev–Trinajstić information content (AvgIpc) is 2.48. The van der Waals surface area contributed by atoms with E-state index >= 15 is 0 Å². The van der Waals surface area contributed by atoms with E-state index < -0.39 is 5.97 Å². The third kappa shape index (κ3) is 3.67. The van der Waals surface area contributed by atoms with Crippen molar-refractivity contribution in [3.05, 3.63) is 35.9 Å². The highest BCUT2D eigenvalue weighted by Crippen LogP contribution is 2.43. The molecule has 0 saturated heterocycles. The molecule has 1 aromatic rings. The fourth-order valence-corrected chi connectivity index (χ4v) is 3.59. The molecule has 1 fully saturated rings. The quantitative estimate of drug-likeness (QED) is 0.398. The van der Waals surface area contributed by atoms with Crippen molar-refractivity contribution in [2.24, 2.45) is 17.0 Å². The second kappa shape index (κ2) is 6.95. The van der Waals surface area contributed by atoms with Crippen LogP contribution in [0.1, 0.15) is 45.6 Å². The maximum Gasteiger partial charge on any atom is 0.353 e. The molecule has 0 radical (unpaired) electrons. The zero-order valence-corrected chi connectivity index (χ0v) is 13.5. The van der Waals surface area contributed by atoms with Crippen molar-refractivity contribution in [1.82, 2.24) is 0 Å². The molecular formula is C18H25NO3. The van der Waals surface area contributed by atoms with E-state index in [9.17, 15) is 4.79 Å². The smallest absolute Gasteiger partial charge is 0.353 e. The number of nitrogens with zero attached hydrogens (tertiary/aromatic N) is 1. The Balaban J connectivity index is 2.23. The number of carbonyl (C=O) groups excluding carboxylic acids is 1. The van der Waals surface area contributed by atoms with E-state index in [0.29, 0.717) is 5.92 Å². The standard InChI is InChI=1S/C18H25NO3/c1-13-9-10-15(16(11-13)22-17(20)12-19-21)18(2,3)14-7-5-4-6-8-14/h4-8,12-13,15-16,21H,9-11H2,1-3H3/b19-12+/t13-,15+,16-/m1/s1. The van der Waals surface area contributed by atoms with E-state index in [1.807, 2.05) is 18.2 Å². The van der Waals surface area contributed by atoms with Crippen LogP contribution in [0.2, 0.25) is 0 Å². The molecule has 0 aromatic heterocycles. The summed E-state index contributed by atoms with van der Waals surface area (Å²) in [6, 6.07) is 10.4. The van der Waals surface area contributed by atoms with E-state index in [-0.39, 0.29) is 17.4 Å². The Bertz CT molecular complexity index is 524. The van der Waals surface area contributed by atoms with E-state index in [0.717, 1.165) is 25.5 Å². The largest absolute Gasteiger partial charge is 0.458 e. The lowest BCUT2D eigenvalue weighted by Crippen LogP contribution is -2.43. The van der Waals surface area contributed by atoms with Gasteiger partial charge in [0, 0.05) is 5.92 Å². The molecule has 1 saturated carbocycles. The molecule has 22 heavy (non-hydrogen) atoms. The Morgan fingerprint density at radius 1 is 1.32 bits per heavy atom. The van der Waals surface area contributed by atoms with Crippen LogP contribution in [-0.4, -0.2) is 23.5 Å². The maximum atomic E-state index is 11.7. The van der Waals surface area contributed by atoms with Crippen LogP contribution in [0.25, 0.3) is 0 Å². The van der Waals surface area contributed by atoms with Crippen LogP contribution in [0.4, 0.5) is 0 Å². The van der Waals surface area contributed by atoms with Crippen LogP contribution in [0.15, 0.2) is 35.5 Å². The highest BCUT2D eigenvalue weighted by molar-refractivity contribution is 6.22. The Labute approximate surface area is 132 Å². The second-order valence-corrected chi connectivity index (χ2v) is 6.83. The molecule has 120 valence electrons. The van der Waals surface area contributed by atoms with E-state index in [2.05, 4.69) is 38.1 Å². The number of hydrogen-bond acceptors (Lipinski definition) is 4. The van der Waals surface area contributed by atoms with Crippen LogP contribution in [0.3, 0.4) is 0 Å². The molecule has 0 amide bonds. The minimum absolute atomic E-state index is 0.0807. The molecule has 4 nitrogen and oxygen atoms in total. The zero-order valence-electron chi connectivity index (χ0n) is 13.5. The van der Waals surface area contributed by atoms with Crippen LogP contribution >= 0.6 is 0 Å². The molecule has 1 aromatic carbocycles. The van der Waals surface area contributed by atoms with Crippen molar-refractivity contribution in [3.63, 3.8) is 0 Å². The van der Waals surface area contributed by atoms with Gasteiger partial charge in [-0.05, 0) is 29.7 Å². The van der Waals surface area contributed by atoms with Gasteiger partial charge in [-0.25, -0.2) is 4.79 Å². The summed E-state index contributed by atoms with van der Waals surface area (Å²) in [5.41, 5.74) is 1.18. The number of ether oxygens (including phenoxy) is 1. The van der Waals surface area contributed by atoms with Gasteiger partial charge in [0.1, 0.15) is 6.10 Å². The van der Waals surface area contributed by atoms with Crippen molar-refractivity contribution in [3.8, 4) is 0 Å². The molecule has 1 aliphatic rings. The molecular weight excluding hydrogens is 278 g/mol. The van der Waals surface area contributed by atoms with Gasteiger partial charge in [-0.3, -0.25) is 0 Å². The van der Waals surface area contributed by atoms with Crippen LogP contribution in [0, 0.1) is 11.8 Å². The second-order valence-electron chi connectivity index (χ2n) is 6.83. The molecule has 3 atom stereocenters. The average molecular weight is 303 g/mol. The molecule has 0 unspecified atom stereocenters. The minimum atomic E-state index is -0.574. The lowest BCUT2D eigenvalue weighted by atomic mass is 9.64. The maximum absolute atomic E-state index is 11.7. The lowest BCUT2D eigenvalue weighted by molar-refractivity contribution is -0.147. The van der Waals surface area contributed by atoms with Gasteiger partial charge in [0.05, 0.1) is 0 Å². The Hall–Kier alpha value is -1.84. The van der Waals surface area contributed by atoms with Crippen molar-refractivity contribution >= 4 is 12.2 Å². The Kier molecular flexibility index (Phi) is 5.22. The van der Waals surface area contributed by atoms with Crippen molar-refractivity contribution in [2.75, 3.05) is 0 Å². The fraction of sp³-hybridized carbons (Fsp3) is 0.556. The highest BCUT2D eigenvalue weighted by atomic mass is 16.5. The monoisotopic (exact) mass is 303 g/mol. The predicted molar refractivity (Wildman–Crippen MR) is 86.1 cm³/mol. The molecule has 0 aliphatic heterocycles. The third-order valence-corrected chi connectivity index (χ3v) is 4.93. The van der Waals surface area contributed by atoms with Gasteiger partial charge in [0.2, 0.25) is 0 Å². The normalized spacial score (nSPS) is 26.0. The van der Waals surface area contributed by atoms with Gasteiger partial charge in [-0.15, -0.1) is 0 Å². The first-order valence-electron chi connectivity index (χ1n) is 7.88. The van der Waals surface area contributed by atoms with Gasteiger partial charge < -0.3 is 9.94 Å². The summed E-state index contributed by atoms with van der Waals surface area (Å²) in [6.45, 7) is 6.61. The van der Waals surface area contributed by atoms with Crippen LogP contribution in [-0.2, 0) is 14.9 Å².